The Hall–Kier alpha value is -2.78. The van der Waals surface area contributed by atoms with Crippen LogP contribution >= 0.6 is 28.3 Å². The smallest absolute Gasteiger partial charge is 0.335 e. The largest absolute Gasteiger partial charge is 0.478 e. The van der Waals surface area contributed by atoms with E-state index in [1.54, 1.807) is 29.6 Å². The van der Waals surface area contributed by atoms with Crippen LogP contribution in [0, 0.1) is 10.1 Å². The van der Waals surface area contributed by atoms with Gasteiger partial charge in [0.15, 0.2) is 5.13 Å². The molecule has 0 aliphatic rings. The number of nitrogens with one attached hydrogen (secondary N) is 1. The molecule has 9 heteroatoms. The lowest BCUT2D eigenvalue weighted by molar-refractivity contribution is -0.384. The summed E-state index contributed by atoms with van der Waals surface area (Å²) in [5.74, 6) is -0.983. The Morgan fingerprint density at radius 1 is 1.20 bits per heavy atom. The van der Waals surface area contributed by atoms with Gasteiger partial charge in [-0.1, -0.05) is 12.1 Å². The van der Waals surface area contributed by atoms with Gasteiger partial charge in [-0.05, 0) is 24.3 Å². The number of benzene rings is 2. The maximum absolute atomic E-state index is 10.8. The van der Waals surface area contributed by atoms with E-state index in [9.17, 15) is 14.9 Å². The van der Waals surface area contributed by atoms with Crippen molar-refractivity contribution in [1.29, 1.82) is 0 Å². The fraction of sp³-hybridized carbons (Fsp3) is 0. The number of carboxylic acids is 1. The van der Waals surface area contributed by atoms with Crippen LogP contribution in [0.15, 0.2) is 53.9 Å². The molecule has 7 nitrogen and oxygen atoms in total. The van der Waals surface area contributed by atoms with Gasteiger partial charge in [-0.3, -0.25) is 10.1 Å². The highest BCUT2D eigenvalue weighted by atomic mass is 79.9. The lowest BCUT2D eigenvalue weighted by Crippen LogP contribution is -1.96. The van der Waals surface area contributed by atoms with Gasteiger partial charge < -0.3 is 10.4 Å². The number of nitro groups is 1. The molecule has 128 valence electrons. The molecule has 0 fully saturated rings. The number of carboxylic acid groups (broad SMARTS) is 1. The van der Waals surface area contributed by atoms with E-state index >= 15 is 0 Å². The average molecular weight is 422 g/mol. The molecule has 0 radical (unpaired) electrons. The van der Waals surface area contributed by atoms with Crippen LogP contribution in [-0.4, -0.2) is 21.0 Å². The van der Waals surface area contributed by atoms with Gasteiger partial charge in [-0.15, -0.1) is 28.3 Å². The minimum atomic E-state index is -0.983. The predicted molar refractivity (Wildman–Crippen MR) is 101 cm³/mol. The third kappa shape index (κ3) is 4.40. The number of anilines is 2. The molecule has 0 aliphatic heterocycles. The highest BCUT2D eigenvalue weighted by molar-refractivity contribution is 8.93. The Bertz CT molecular complexity index is 912. The molecule has 3 aromatic rings. The Balaban J connectivity index is 0.00000225. The lowest BCUT2D eigenvalue weighted by atomic mass is 10.1. The number of nitro benzene ring substituents is 1. The summed E-state index contributed by atoms with van der Waals surface area (Å²) in [6, 6.07) is 12.6. The van der Waals surface area contributed by atoms with Crippen molar-refractivity contribution in [2.24, 2.45) is 0 Å². The number of rotatable bonds is 5. The quantitative estimate of drug-likeness (QED) is 0.455. The first-order valence-corrected chi connectivity index (χ1v) is 7.71. The molecule has 1 aromatic heterocycles. The van der Waals surface area contributed by atoms with Crippen LogP contribution in [0.1, 0.15) is 10.4 Å². The Morgan fingerprint density at radius 3 is 2.56 bits per heavy atom. The van der Waals surface area contributed by atoms with E-state index < -0.39 is 10.9 Å². The van der Waals surface area contributed by atoms with Crippen molar-refractivity contribution in [3.8, 4) is 11.3 Å². The Labute approximate surface area is 156 Å². The van der Waals surface area contributed by atoms with E-state index in [0.717, 1.165) is 0 Å². The van der Waals surface area contributed by atoms with Crippen molar-refractivity contribution in [3.63, 3.8) is 0 Å². The summed E-state index contributed by atoms with van der Waals surface area (Å²) in [7, 11) is 0. The van der Waals surface area contributed by atoms with Crippen molar-refractivity contribution < 1.29 is 14.8 Å². The van der Waals surface area contributed by atoms with Crippen molar-refractivity contribution in [3.05, 3.63) is 69.6 Å². The number of aromatic carboxylic acids is 1. The molecule has 25 heavy (non-hydrogen) atoms. The number of hydrogen-bond donors (Lipinski definition) is 2. The van der Waals surface area contributed by atoms with E-state index in [4.69, 9.17) is 5.11 Å². The van der Waals surface area contributed by atoms with Crippen LogP contribution in [0.5, 0.6) is 0 Å². The van der Waals surface area contributed by atoms with Crippen LogP contribution in [0.3, 0.4) is 0 Å². The van der Waals surface area contributed by atoms with Crippen LogP contribution in [-0.2, 0) is 0 Å². The Morgan fingerprint density at radius 2 is 1.92 bits per heavy atom. The molecule has 0 bridgehead atoms. The summed E-state index contributed by atoms with van der Waals surface area (Å²) >= 11 is 1.36. The lowest BCUT2D eigenvalue weighted by Gasteiger charge is -2.02. The van der Waals surface area contributed by atoms with Crippen LogP contribution < -0.4 is 5.32 Å². The van der Waals surface area contributed by atoms with Gasteiger partial charge >= 0.3 is 5.97 Å². The van der Waals surface area contributed by atoms with Gasteiger partial charge in [0.25, 0.3) is 5.69 Å². The van der Waals surface area contributed by atoms with Crippen molar-refractivity contribution in [2.75, 3.05) is 5.32 Å². The number of nitrogens with zero attached hydrogens (tertiary/aromatic N) is 2. The minimum Gasteiger partial charge on any atom is -0.478 e. The van der Waals surface area contributed by atoms with Gasteiger partial charge in [0.2, 0.25) is 0 Å². The first-order valence-electron chi connectivity index (χ1n) is 6.83. The highest BCUT2D eigenvalue weighted by Gasteiger charge is 2.10. The highest BCUT2D eigenvalue weighted by Crippen LogP contribution is 2.29. The summed E-state index contributed by atoms with van der Waals surface area (Å²) in [6.45, 7) is 0. The number of carbonyl (C=O) groups is 1. The summed E-state index contributed by atoms with van der Waals surface area (Å²) in [6.07, 6.45) is 0. The zero-order valence-corrected chi connectivity index (χ0v) is 15.1. The zero-order valence-electron chi connectivity index (χ0n) is 12.6. The molecule has 0 atom stereocenters. The van der Waals surface area contributed by atoms with Gasteiger partial charge in [0.05, 0.1) is 16.2 Å². The van der Waals surface area contributed by atoms with E-state index in [1.165, 1.54) is 35.6 Å². The predicted octanol–water partition coefficient (Wildman–Crippen LogP) is 4.74. The van der Waals surface area contributed by atoms with E-state index in [-0.39, 0.29) is 28.2 Å². The fourth-order valence-corrected chi connectivity index (χ4v) is 2.80. The molecule has 0 spiro atoms. The summed E-state index contributed by atoms with van der Waals surface area (Å²) in [5.41, 5.74) is 2.22. The van der Waals surface area contributed by atoms with Gasteiger partial charge in [-0.25, -0.2) is 9.78 Å². The summed E-state index contributed by atoms with van der Waals surface area (Å²) in [4.78, 5) is 25.6. The monoisotopic (exact) mass is 421 g/mol. The minimum absolute atomic E-state index is 0. The van der Waals surface area contributed by atoms with Gasteiger partial charge in [0.1, 0.15) is 0 Å². The van der Waals surface area contributed by atoms with E-state index in [2.05, 4.69) is 10.3 Å². The molecular formula is C16H12BrN3O4S. The Kier molecular flexibility index (Phi) is 5.84. The number of non-ortho nitro benzene ring substituents is 1. The average Bonchev–Trinajstić information content (AvgIpc) is 3.04. The standard InChI is InChI=1S/C16H11N3O4S.BrH/c20-15(21)10-4-6-12(7-5-10)17-16-18-14(9-24-16)11-2-1-3-13(8-11)19(22)23;/h1-9H,(H,17,18)(H,20,21);1H. The molecule has 3 rings (SSSR count). The van der Waals surface area contributed by atoms with Gasteiger partial charge in [-0.2, -0.15) is 0 Å². The number of aromatic nitrogens is 1. The van der Waals surface area contributed by atoms with Crippen LogP contribution in [0.4, 0.5) is 16.5 Å². The third-order valence-electron chi connectivity index (χ3n) is 3.24. The topological polar surface area (TPSA) is 105 Å². The molecule has 1 heterocycles. The summed E-state index contributed by atoms with van der Waals surface area (Å²) < 4.78 is 0. The second-order valence-corrected chi connectivity index (χ2v) is 5.71. The first kappa shape index (κ1) is 18.6. The normalized spacial score (nSPS) is 9.92. The van der Waals surface area contributed by atoms with E-state index in [0.29, 0.717) is 22.1 Å². The fourth-order valence-electron chi connectivity index (χ4n) is 2.06. The maximum Gasteiger partial charge on any atom is 0.335 e. The molecule has 0 unspecified atom stereocenters. The molecular weight excluding hydrogens is 410 g/mol. The third-order valence-corrected chi connectivity index (χ3v) is 4.00. The molecule has 0 aliphatic carbocycles. The molecule has 2 N–H and O–H groups in total. The molecule has 2 aromatic carbocycles. The zero-order chi connectivity index (χ0) is 17.1. The van der Waals surface area contributed by atoms with Crippen LogP contribution in [0.25, 0.3) is 11.3 Å². The summed E-state index contributed by atoms with van der Waals surface area (Å²) in [5, 5.41) is 25.2. The van der Waals surface area contributed by atoms with Gasteiger partial charge in [0, 0.05) is 28.8 Å². The SMILES string of the molecule is Br.O=C(O)c1ccc(Nc2nc(-c3cccc([N+](=O)[O-])c3)cs2)cc1. The van der Waals surface area contributed by atoms with Crippen molar-refractivity contribution in [2.45, 2.75) is 0 Å². The van der Waals surface area contributed by atoms with Crippen molar-refractivity contribution >= 4 is 50.8 Å². The number of hydrogen-bond acceptors (Lipinski definition) is 6. The molecule has 0 saturated heterocycles. The van der Waals surface area contributed by atoms with Crippen molar-refractivity contribution in [1.82, 2.24) is 4.98 Å². The number of halogens is 1. The van der Waals surface area contributed by atoms with Crippen LogP contribution in [0.2, 0.25) is 0 Å². The van der Waals surface area contributed by atoms with E-state index in [1.807, 2.05) is 0 Å². The second-order valence-electron chi connectivity index (χ2n) is 4.85. The second kappa shape index (κ2) is 7.86. The number of thiazole rings is 1. The maximum atomic E-state index is 10.8. The first-order chi connectivity index (χ1) is 11.5. The molecule has 0 amide bonds. The molecule has 0 saturated carbocycles.